The summed E-state index contributed by atoms with van der Waals surface area (Å²) in [6, 6.07) is 32.5. The van der Waals surface area contributed by atoms with Gasteiger partial charge in [-0.25, -0.2) is 5.01 Å². The van der Waals surface area contributed by atoms with Crippen LogP contribution in [0.2, 0.25) is 0 Å². The van der Waals surface area contributed by atoms with E-state index in [1.807, 2.05) is 109 Å². The second-order valence-corrected chi connectivity index (χ2v) is 11.2. The third-order valence-electron chi connectivity index (χ3n) is 6.90. The van der Waals surface area contributed by atoms with Gasteiger partial charge >= 0.3 is 0 Å². The van der Waals surface area contributed by atoms with Crippen LogP contribution in [0.5, 0.6) is 0 Å². The summed E-state index contributed by atoms with van der Waals surface area (Å²) >= 11 is 7.10. The van der Waals surface area contributed by atoms with E-state index in [0.29, 0.717) is 27.7 Å². The fourth-order valence-electron chi connectivity index (χ4n) is 5.02. The molecule has 0 spiro atoms. The lowest BCUT2D eigenvalue weighted by atomic mass is 9.92. The van der Waals surface area contributed by atoms with Crippen LogP contribution in [0.1, 0.15) is 27.9 Å². The Bertz CT molecular complexity index is 1850. The number of carbonyl (C=O) groups excluding carboxylic acids is 1. The molecule has 0 saturated carbocycles. The highest BCUT2D eigenvalue weighted by molar-refractivity contribution is 9.10. The highest BCUT2D eigenvalue weighted by Crippen LogP contribution is 2.34. The summed E-state index contributed by atoms with van der Waals surface area (Å²) in [6.45, 7) is 0. The standard InChI is InChI=1S/C33H23Br2N3O2/c34-23-16-18-28-26(19-23)30(22-11-5-2-6-12-22)31(32(39)36-28)29-20-24(17-15-21-9-3-1-4-10-21)38(37-29)33(40)25-13-7-8-14-27(25)35/h1-19,24H,20H2,(H,36,39)/b17-15+/t24-/m0/s1. The van der Waals surface area contributed by atoms with Crippen molar-refractivity contribution in [3.8, 4) is 11.1 Å². The number of aromatic amines is 1. The summed E-state index contributed by atoms with van der Waals surface area (Å²) in [4.78, 5) is 30.6. The molecule has 7 heteroatoms. The van der Waals surface area contributed by atoms with Gasteiger partial charge in [0, 0.05) is 31.8 Å². The van der Waals surface area contributed by atoms with Gasteiger partial charge in [-0.3, -0.25) is 9.59 Å². The van der Waals surface area contributed by atoms with E-state index in [0.717, 1.165) is 32.1 Å². The number of fused-ring (bicyclic) bond motifs is 1. The average molecular weight is 653 g/mol. The van der Waals surface area contributed by atoms with Crippen molar-refractivity contribution in [2.45, 2.75) is 12.5 Å². The van der Waals surface area contributed by atoms with E-state index in [1.54, 1.807) is 6.07 Å². The quantitative estimate of drug-likeness (QED) is 0.209. The first-order valence-electron chi connectivity index (χ1n) is 12.8. The van der Waals surface area contributed by atoms with Crippen LogP contribution in [-0.2, 0) is 0 Å². The summed E-state index contributed by atoms with van der Waals surface area (Å²) in [7, 11) is 0. The first-order chi connectivity index (χ1) is 19.5. The van der Waals surface area contributed by atoms with Crippen LogP contribution in [0.15, 0.2) is 128 Å². The maximum absolute atomic E-state index is 13.8. The number of hydrogen-bond donors (Lipinski definition) is 1. The molecular formula is C33H23Br2N3O2. The molecule has 0 fully saturated rings. The zero-order chi connectivity index (χ0) is 27.6. The Morgan fingerprint density at radius 3 is 2.33 bits per heavy atom. The Balaban J connectivity index is 1.53. The van der Waals surface area contributed by atoms with E-state index >= 15 is 0 Å². The van der Waals surface area contributed by atoms with Gasteiger partial charge in [0.25, 0.3) is 11.5 Å². The number of H-pyrrole nitrogens is 1. The molecule has 1 aliphatic heterocycles. The molecule has 5 nitrogen and oxygen atoms in total. The zero-order valence-electron chi connectivity index (χ0n) is 21.2. The minimum Gasteiger partial charge on any atom is -0.321 e. The van der Waals surface area contributed by atoms with E-state index in [9.17, 15) is 9.59 Å². The lowest BCUT2D eigenvalue weighted by Crippen LogP contribution is -2.31. The Morgan fingerprint density at radius 1 is 0.875 bits per heavy atom. The maximum atomic E-state index is 13.8. The van der Waals surface area contributed by atoms with Gasteiger partial charge in [-0.1, -0.05) is 101 Å². The van der Waals surface area contributed by atoms with Crippen molar-refractivity contribution >= 4 is 60.5 Å². The molecule has 196 valence electrons. The van der Waals surface area contributed by atoms with Gasteiger partial charge in [-0.05, 0) is 57.4 Å². The number of rotatable bonds is 5. The van der Waals surface area contributed by atoms with E-state index < -0.39 is 0 Å². The number of carbonyl (C=O) groups is 1. The summed E-state index contributed by atoms with van der Waals surface area (Å²) in [5.74, 6) is -0.244. The fourth-order valence-corrected chi connectivity index (χ4v) is 5.83. The first kappa shape index (κ1) is 26.2. The van der Waals surface area contributed by atoms with Gasteiger partial charge in [0.15, 0.2) is 0 Å². The maximum Gasteiger partial charge on any atom is 0.275 e. The number of nitrogens with zero attached hydrogens (tertiary/aromatic N) is 2. The van der Waals surface area contributed by atoms with Gasteiger partial charge in [-0.15, -0.1) is 0 Å². The van der Waals surface area contributed by atoms with E-state index in [-0.39, 0.29) is 17.5 Å². The van der Waals surface area contributed by atoms with E-state index in [2.05, 4.69) is 36.8 Å². The van der Waals surface area contributed by atoms with E-state index in [4.69, 9.17) is 5.10 Å². The molecule has 0 radical (unpaired) electrons. The third kappa shape index (κ3) is 5.10. The molecule has 1 N–H and O–H groups in total. The normalized spacial score (nSPS) is 15.1. The van der Waals surface area contributed by atoms with Gasteiger partial charge < -0.3 is 4.98 Å². The highest BCUT2D eigenvalue weighted by Gasteiger charge is 2.34. The molecular weight excluding hydrogens is 630 g/mol. The van der Waals surface area contributed by atoms with Crippen LogP contribution in [0.25, 0.3) is 28.1 Å². The molecule has 1 aromatic heterocycles. The number of benzene rings is 4. The molecule has 0 unspecified atom stereocenters. The number of amides is 1. The molecule has 6 rings (SSSR count). The number of hydrogen-bond acceptors (Lipinski definition) is 3. The predicted molar refractivity (Wildman–Crippen MR) is 168 cm³/mol. The van der Waals surface area contributed by atoms with Crippen LogP contribution in [0.3, 0.4) is 0 Å². The van der Waals surface area contributed by atoms with Gasteiger partial charge in [0.05, 0.1) is 22.9 Å². The summed E-state index contributed by atoms with van der Waals surface area (Å²) in [6.07, 6.45) is 4.36. The van der Waals surface area contributed by atoms with Crippen LogP contribution >= 0.6 is 31.9 Å². The minimum atomic E-state index is -0.379. The molecule has 0 aliphatic carbocycles. The Morgan fingerprint density at radius 2 is 1.57 bits per heavy atom. The van der Waals surface area contributed by atoms with Crippen molar-refractivity contribution in [2.24, 2.45) is 5.10 Å². The molecule has 2 heterocycles. The Kier molecular flexibility index (Phi) is 7.32. The molecule has 5 aromatic rings. The Labute approximate surface area is 248 Å². The van der Waals surface area contributed by atoms with E-state index in [1.165, 1.54) is 5.01 Å². The van der Waals surface area contributed by atoms with Gasteiger partial charge in [-0.2, -0.15) is 5.10 Å². The highest BCUT2D eigenvalue weighted by atomic mass is 79.9. The summed E-state index contributed by atoms with van der Waals surface area (Å²) in [5, 5.41) is 7.23. The van der Waals surface area contributed by atoms with Crippen molar-refractivity contribution in [1.82, 2.24) is 9.99 Å². The third-order valence-corrected chi connectivity index (χ3v) is 8.08. The molecule has 4 aromatic carbocycles. The number of hydrazone groups is 1. The van der Waals surface area contributed by atoms with Crippen LogP contribution in [0.4, 0.5) is 0 Å². The fraction of sp³-hybridized carbons (Fsp3) is 0.0606. The Hall–Kier alpha value is -4.07. The minimum absolute atomic E-state index is 0.242. The molecule has 0 bridgehead atoms. The average Bonchev–Trinajstić information content (AvgIpc) is 3.40. The summed E-state index contributed by atoms with van der Waals surface area (Å²) in [5.41, 5.74) is 4.74. The van der Waals surface area contributed by atoms with Crippen molar-refractivity contribution in [3.05, 3.63) is 145 Å². The van der Waals surface area contributed by atoms with Crippen molar-refractivity contribution in [1.29, 1.82) is 0 Å². The second kappa shape index (κ2) is 11.2. The SMILES string of the molecule is O=C(c1ccccc1Br)N1N=C(c2c(-c3ccccc3)c3cc(Br)ccc3[nH]c2=O)C[C@@H]1/C=C/c1ccccc1. The topological polar surface area (TPSA) is 65.5 Å². The monoisotopic (exact) mass is 651 g/mol. The van der Waals surface area contributed by atoms with Gasteiger partial charge in [0.2, 0.25) is 0 Å². The van der Waals surface area contributed by atoms with Crippen molar-refractivity contribution < 1.29 is 4.79 Å². The van der Waals surface area contributed by atoms with Crippen molar-refractivity contribution in [3.63, 3.8) is 0 Å². The molecule has 1 aliphatic rings. The largest absolute Gasteiger partial charge is 0.321 e. The number of halogens is 2. The smallest absolute Gasteiger partial charge is 0.275 e. The predicted octanol–water partition coefficient (Wildman–Crippen LogP) is 8.05. The number of aromatic nitrogens is 1. The number of pyridine rings is 1. The first-order valence-corrected chi connectivity index (χ1v) is 14.4. The zero-order valence-corrected chi connectivity index (χ0v) is 24.4. The van der Waals surface area contributed by atoms with Crippen molar-refractivity contribution in [2.75, 3.05) is 0 Å². The molecule has 1 atom stereocenters. The van der Waals surface area contributed by atoms with Gasteiger partial charge in [0.1, 0.15) is 0 Å². The van der Waals surface area contributed by atoms with Crippen LogP contribution in [-0.4, -0.2) is 27.7 Å². The number of nitrogens with one attached hydrogen (secondary N) is 1. The lowest BCUT2D eigenvalue weighted by Gasteiger charge is -2.19. The van der Waals surface area contributed by atoms with Crippen LogP contribution < -0.4 is 5.56 Å². The molecule has 40 heavy (non-hydrogen) atoms. The van der Waals surface area contributed by atoms with Crippen LogP contribution in [0, 0.1) is 0 Å². The molecule has 1 amide bonds. The molecule has 0 saturated heterocycles. The summed E-state index contributed by atoms with van der Waals surface area (Å²) < 4.78 is 1.59. The second-order valence-electron chi connectivity index (χ2n) is 9.48. The lowest BCUT2D eigenvalue weighted by molar-refractivity contribution is 0.0741.